The molecular weight excluding hydrogens is 300 g/mol. The maximum atomic E-state index is 12.2. The van der Waals surface area contributed by atoms with Crippen molar-refractivity contribution in [3.05, 3.63) is 36.5 Å². The molecule has 0 spiro atoms. The second kappa shape index (κ2) is 6.15. The number of anilines is 1. The highest BCUT2D eigenvalue weighted by molar-refractivity contribution is 7.19. The fourth-order valence-electron chi connectivity index (χ4n) is 2.42. The van der Waals surface area contributed by atoms with Gasteiger partial charge in [0.1, 0.15) is 0 Å². The first kappa shape index (κ1) is 14.5. The maximum Gasteiger partial charge on any atom is 0.323 e. The predicted octanol–water partition coefficient (Wildman–Crippen LogP) is 2.15. The summed E-state index contributed by atoms with van der Waals surface area (Å²) in [5.41, 5.74) is 6.34. The lowest BCUT2D eigenvalue weighted by Crippen LogP contribution is -2.34. The molecule has 22 heavy (non-hydrogen) atoms. The largest absolute Gasteiger partial charge is 0.369 e. The summed E-state index contributed by atoms with van der Waals surface area (Å²) >= 11 is 1.42. The van der Waals surface area contributed by atoms with Crippen LogP contribution >= 0.6 is 11.3 Å². The monoisotopic (exact) mass is 316 g/mol. The lowest BCUT2D eigenvalue weighted by molar-refractivity contribution is -0.121. The molecule has 2 aromatic rings. The van der Waals surface area contributed by atoms with Crippen molar-refractivity contribution in [2.45, 2.75) is 6.42 Å². The van der Waals surface area contributed by atoms with Crippen LogP contribution in [0.25, 0.3) is 10.4 Å². The Bertz CT molecular complexity index is 686. The SMILES string of the molecule is NC(=O)C1CCN(C(=O)Nc2ncc(-c3ccccc3)s2)C1. The summed E-state index contributed by atoms with van der Waals surface area (Å²) in [5.74, 6) is -0.599. The van der Waals surface area contributed by atoms with Crippen LogP contribution in [0.5, 0.6) is 0 Å². The third-order valence-electron chi connectivity index (χ3n) is 3.66. The number of benzene rings is 1. The molecule has 3 amide bonds. The molecule has 114 valence electrons. The van der Waals surface area contributed by atoms with Gasteiger partial charge in [0, 0.05) is 19.3 Å². The van der Waals surface area contributed by atoms with Crippen LogP contribution in [0.2, 0.25) is 0 Å². The van der Waals surface area contributed by atoms with Crippen LogP contribution in [-0.4, -0.2) is 34.9 Å². The Labute approximate surface area is 132 Å². The number of rotatable bonds is 3. The summed E-state index contributed by atoms with van der Waals surface area (Å²) in [5, 5.41) is 3.32. The number of thiazole rings is 1. The van der Waals surface area contributed by atoms with Gasteiger partial charge in [-0.3, -0.25) is 10.1 Å². The Morgan fingerprint density at radius 3 is 2.77 bits per heavy atom. The van der Waals surface area contributed by atoms with Crippen molar-refractivity contribution in [1.82, 2.24) is 9.88 Å². The summed E-state index contributed by atoms with van der Waals surface area (Å²) in [4.78, 5) is 30.1. The van der Waals surface area contributed by atoms with E-state index >= 15 is 0 Å². The van der Waals surface area contributed by atoms with E-state index in [1.54, 1.807) is 11.1 Å². The van der Waals surface area contributed by atoms with Gasteiger partial charge in [0.25, 0.3) is 0 Å². The van der Waals surface area contributed by atoms with E-state index in [2.05, 4.69) is 10.3 Å². The number of carbonyl (C=O) groups excluding carboxylic acids is 2. The zero-order valence-corrected chi connectivity index (χ0v) is 12.7. The standard InChI is InChI=1S/C15H16N4O2S/c16-13(20)11-6-7-19(9-11)15(21)18-14-17-8-12(22-14)10-4-2-1-3-5-10/h1-5,8,11H,6-7,9H2,(H2,16,20)(H,17,18,21). The smallest absolute Gasteiger partial charge is 0.323 e. The molecule has 1 aromatic carbocycles. The first-order valence-corrected chi connectivity index (χ1v) is 7.81. The molecule has 1 saturated heterocycles. The lowest BCUT2D eigenvalue weighted by Gasteiger charge is -2.15. The molecule has 1 aliphatic heterocycles. The number of nitrogens with zero attached hydrogens (tertiary/aromatic N) is 2. The summed E-state index contributed by atoms with van der Waals surface area (Å²) < 4.78 is 0. The molecule has 0 saturated carbocycles. The van der Waals surface area contributed by atoms with Gasteiger partial charge in [-0.25, -0.2) is 9.78 Å². The van der Waals surface area contributed by atoms with Crippen LogP contribution in [-0.2, 0) is 4.79 Å². The molecule has 1 fully saturated rings. The zero-order valence-electron chi connectivity index (χ0n) is 11.9. The van der Waals surface area contributed by atoms with Gasteiger partial charge < -0.3 is 10.6 Å². The van der Waals surface area contributed by atoms with E-state index in [0.29, 0.717) is 24.6 Å². The van der Waals surface area contributed by atoms with E-state index in [4.69, 9.17) is 5.73 Å². The van der Waals surface area contributed by atoms with Crippen LogP contribution in [0.15, 0.2) is 36.5 Å². The van der Waals surface area contributed by atoms with E-state index in [1.165, 1.54) is 11.3 Å². The molecule has 6 nitrogen and oxygen atoms in total. The normalized spacial score (nSPS) is 17.5. The summed E-state index contributed by atoms with van der Waals surface area (Å²) in [6.45, 7) is 0.911. The molecule has 2 heterocycles. The summed E-state index contributed by atoms with van der Waals surface area (Å²) in [6, 6.07) is 9.63. The molecule has 1 unspecified atom stereocenters. The molecule has 0 bridgehead atoms. The van der Waals surface area contributed by atoms with Crippen LogP contribution in [0.1, 0.15) is 6.42 Å². The van der Waals surface area contributed by atoms with Crippen molar-refractivity contribution in [3.8, 4) is 10.4 Å². The number of hydrogen-bond donors (Lipinski definition) is 2. The molecule has 3 rings (SSSR count). The average molecular weight is 316 g/mol. The van der Waals surface area contributed by atoms with Gasteiger partial charge in [-0.05, 0) is 12.0 Å². The predicted molar refractivity (Wildman–Crippen MR) is 85.4 cm³/mol. The fourth-order valence-corrected chi connectivity index (χ4v) is 3.23. The van der Waals surface area contributed by atoms with Gasteiger partial charge in [0.05, 0.1) is 10.8 Å². The molecule has 0 aliphatic carbocycles. The second-order valence-corrected chi connectivity index (χ2v) is 6.19. The molecule has 3 N–H and O–H groups in total. The number of amides is 3. The lowest BCUT2D eigenvalue weighted by atomic mass is 10.1. The highest BCUT2D eigenvalue weighted by atomic mass is 32.1. The summed E-state index contributed by atoms with van der Waals surface area (Å²) in [6.07, 6.45) is 2.36. The minimum atomic E-state index is -0.351. The first-order chi connectivity index (χ1) is 10.6. The number of hydrogen-bond acceptors (Lipinski definition) is 4. The molecule has 7 heteroatoms. The van der Waals surface area contributed by atoms with Gasteiger partial charge in [0.2, 0.25) is 5.91 Å². The van der Waals surface area contributed by atoms with Crippen LogP contribution in [0.3, 0.4) is 0 Å². The van der Waals surface area contributed by atoms with Gasteiger partial charge in [0.15, 0.2) is 5.13 Å². The van der Waals surface area contributed by atoms with Gasteiger partial charge >= 0.3 is 6.03 Å². The van der Waals surface area contributed by atoms with Crippen LogP contribution in [0, 0.1) is 5.92 Å². The highest BCUT2D eigenvalue weighted by Gasteiger charge is 2.29. The zero-order chi connectivity index (χ0) is 15.5. The van der Waals surface area contributed by atoms with Crippen molar-refractivity contribution in [2.75, 3.05) is 18.4 Å². The van der Waals surface area contributed by atoms with E-state index in [-0.39, 0.29) is 17.9 Å². The van der Waals surface area contributed by atoms with Crippen molar-refractivity contribution in [2.24, 2.45) is 11.7 Å². The number of nitrogens with two attached hydrogens (primary N) is 1. The molecule has 0 radical (unpaired) electrons. The Hall–Kier alpha value is -2.41. The minimum Gasteiger partial charge on any atom is -0.369 e. The maximum absolute atomic E-state index is 12.2. The molecular formula is C15H16N4O2S. The number of urea groups is 1. The average Bonchev–Trinajstić information content (AvgIpc) is 3.17. The second-order valence-electron chi connectivity index (χ2n) is 5.16. The van der Waals surface area contributed by atoms with Crippen molar-refractivity contribution in [1.29, 1.82) is 0 Å². The highest BCUT2D eigenvalue weighted by Crippen LogP contribution is 2.29. The van der Waals surface area contributed by atoms with Gasteiger partial charge in [-0.2, -0.15) is 0 Å². The van der Waals surface area contributed by atoms with Gasteiger partial charge in [-0.15, -0.1) is 0 Å². The van der Waals surface area contributed by atoms with Crippen molar-refractivity contribution < 1.29 is 9.59 Å². The van der Waals surface area contributed by atoms with Crippen molar-refractivity contribution in [3.63, 3.8) is 0 Å². The topological polar surface area (TPSA) is 88.3 Å². The Kier molecular flexibility index (Phi) is 4.06. The fraction of sp³-hybridized carbons (Fsp3) is 0.267. The Balaban J connectivity index is 1.63. The summed E-state index contributed by atoms with van der Waals surface area (Å²) in [7, 11) is 0. The third-order valence-corrected chi connectivity index (χ3v) is 4.62. The van der Waals surface area contributed by atoms with Gasteiger partial charge in [-0.1, -0.05) is 41.7 Å². The molecule has 1 aromatic heterocycles. The first-order valence-electron chi connectivity index (χ1n) is 7.00. The minimum absolute atomic E-state index is 0.238. The number of aromatic nitrogens is 1. The van der Waals surface area contributed by atoms with E-state index in [9.17, 15) is 9.59 Å². The van der Waals surface area contributed by atoms with Crippen LogP contribution < -0.4 is 11.1 Å². The number of nitrogens with one attached hydrogen (secondary N) is 1. The van der Waals surface area contributed by atoms with E-state index in [1.807, 2.05) is 30.3 Å². The molecule has 1 aliphatic rings. The molecule has 1 atom stereocenters. The number of likely N-dealkylation sites (tertiary alicyclic amines) is 1. The van der Waals surface area contributed by atoms with Crippen molar-refractivity contribution >= 4 is 28.4 Å². The third kappa shape index (κ3) is 3.09. The van der Waals surface area contributed by atoms with Crippen LogP contribution in [0.4, 0.5) is 9.93 Å². The Morgan fingerprint density at radius 2 is 2.09 bits per heavy atom. The Morgan fingerprint density at radius 1 is 1.32 bits per heavy atom. The van der Waals surface area contributed by atoms with E-state index in [0.717, 1.165) is 10.4 Å². The van der Waals surface area contributed by atoms with E-state index < -0.39 is 0 Å². The number of carbonyl (C=O) groups is 2. The quantitative estimate of drug-likeness (QED) is 0.909. The number of primary amides is 1.